The predicted molar refractivity (Wildman–Crippen MR) is 59.0 cm³/mol. The van der Waals surface area contributed by atoms with Crippen LogP contribution in [0.1, 0.15) is 17.5 Å². The van der Waals surface area contributed by atoms with E-state index in [1.807, 2.05) is 0 Å². The van der Waals surface area contributed by atoms with Crippen molar-refractivity contribution in [2.75, 3.05) is 18.0 Å². The first kappa shape index (κ1) is 12.7. The third-order valence-electron chi connectivity index (χ3n) is 2.96. The van der Waals surface area contributed by atoms with Crippen molar-refractivity contribution in [1.82, 2.24) is 0 Å². The Bertz CT molecular complexity index is 493. The van der Waals surface area contributed by atoms with Crippen molar-refractivity contribution < 1.29 is 18.3 Å². The molecule has 1 N–H and O–H groups in total. The summed E-state index contributed by atoms with van der Waals surface area (Å²) in [5, 5.41) is 18.2. The minimum absolute atomic E-state index is 0.385. The topological polar surface area (TPSA) is 47.3 Å². The molecule has 18 heavy (non-hydrogen) atoms. The number of aliphatic hydroxyl groups excluding tert-OH is 1. The molecule has 1 saturated heterocycles. The summed E-state index contributed by atoms with van der Waals surface area (Å²) in [5.74, 6) is 0. The number of β-amino-alcohol motifs (C(OH)–C–C–N with tert-alkyl or cyclic N) is 1. The quantitative estimate of drug-likeness (QED) is 0.837. The van der Waals surface area contributed by atoms with Crippen LogP contribution in [0.15, 0.2) is 18.2 Å². The van der Waals surface area contributed by atoms with Crippen molar-refractivity contribution in [2.24, 2.45) is 0 Å². The van der Waals surface area contributed by atoms with Gasteiger partial charge in [-0.25, -0.2) is 0 Å². The molecule has 1 heterocycles. The van der Waals surface area contributed by atoms with Gasteiger partial charge in [-0.05, 0) is 24.6 Å². The average molecular weight is 256 g/mol. The number of benzene rings is 1. The van der Waals surface area contributed by atoms with Gasteiger partial charge in [-0.2, -0.15) is 18.4 Å². The lowest BCUT2D eigenvalue weighted by atomic mass is 10.1. The molecule has 0 radical (unpaired) electrons. The van der Waals surface area contributed by atoms with E-state index in [1.165, 1.54) is 12.1 Å². The molecular weight excluding hydrogens is 245 g/mol. The van der Waals surface area contributed by atoms with E-state index in [-0.39, 0.29) is 5.56 Å². The number of aliphatic hydroxyl groups is 1. The van der Waals surface area contributed by atoms with Crippen LogP contribution in [0, 0.1) is 11.3 Å². The maximum Gasteiger partial charge on any atom is 0.417 e. The van der Waals surface area contributed by atoms with E-state index in [2.05, 4.69) is 0 Å². The van der Waals surface area contributed by atoms with Crippen molar-refractivity contribution in [1.29, 1.82) is 5.26 Å². The zero-order chi connectivity index (χ0) is 13.3. The minimum Gasteiger partial charge on any atom is -0.391 e. The van der Waals surface area contributed by atoms with Gasteiger partial charge in [0.25, 0.3) is 0 Å². The number of anilines is 1. The zero-order valence-corrected chi connectivity index (χ0v) is 9.41. The van der Waals surface area contributed by atoms with Crippen molar-refractivity contribution in [2.45, 2.75) is 18.7 Å². The standard InChI is InChI=1S/C12H11F3N2O/c13-12(14,15)11-2-1-9(5-8(11)6-16)17-4-3-10(18)7-17/h1-2,5,10,18H,3-4,7H2. The normalized spacial score (nSPS) is 19.9. The Hall–Kier alpha value is -1.74. The molecule has 1 aromatic rings. The van der Waals surface area contributed by atoms with Crippen LogP contribution in [-0.4, -0.2) is 24.3 Å². The SMILES string of the molecule is N#Cc1cc(N2CCC(O)C2)ccc1C(F)(F)F. The highest BCUT2D eigenvalue weighted by atomic mass is 19.4. The van der Waals surface area contributed by atoms with Crippen LogP contribution in [0.5, 0.6) is 0 Å². The van der Waals surface area contributed by atoms with Crippen molar-refractivity contribution in [3.8, 4) is 6.07 Å². The molecule has 96 valence electrons. The average Bonchev–Trinajstić information content (AvgIpc) is 2.74. The third-order valence-corrected chi connectivity index (χ3v) is 2.96. The summed E-state index contributed by atoms with van der Waals surface area (Å²) in [6.45, 7) is 0.966. The Morgan fingerprint density at radius 2 is 2.11 bits per heavy atom. The molecule has 1 aliphatic rings. The fraction of sp³-hybridized carbons (Fsp3) is 0.417. The van der Waals surface area contributed by atoms with Gasteiger partial charge < -0.3 is 10.0 Å². The van der Waals surface area contributed by atoms with Gasteiger partial charge in [0.2, 0.25) is 0 Å². The lowest BCUT2D eigenvalue weighted by molar-refractivity contribution is -0.137. The van der Waals surface area contributed by atoms with Gasteiger partial charge in [-0.1, -0.05) is 0 Å². The van der Waals surface area contributed by atoms with Gasteiger partial charge in [0.05, 0.1) is 23.3 Å². The van der Waals surface area contributed by atoms with E-state index in [0.717, 1.165) is 6.07 Å². The number of rotatable bonds is 1. The molecule has 6 heteroatoms. The summed E-state index contributed by atoms with van der Waals surface area (Å²) in [4.78, 5) is 1.77. The molecule has 3 nitrogen and oxygen atoms in total. The van der Waals surface area contributed by atoms with E-state index in [9.17, 15) is 18.3 Å². The number of hydrogen-bond acceptors (Lipinski definition) is 3. The molecule has 0 bridgehead atoms. The summed E-state index contributed by atoms with van der Waals surface area (Å²) in [6.07, 6.45) is -4.39. The maximum atomic E-state index is 12.6. The van der Waals surface area contributed by atoms with Crippen molar-refractivity contribution in [3.63, 3.8) is 0 Å². The molecule has 1 unspecified atom stereocenters. The second kappa shape index (κ2) is 4.50. The van der Waals surface area contributed by atoms with Crippen LogP contribution in [0.4, 0.5) is 18.9 Å². The number of halogens is 3. The van der Waals surface area contributed by atoms with E-state index in [1.54, 1.807) is 11.0 Å². The van der Waals surface area contributed by atoms with Crippen molar-refractivity contribution in [3.05, 3.63) is 29.3 Å². The minimum atomic E-state index is -4.52. The molecule has 0 aromatic heterocycles. The summed E-state index contributed by atoms with van der Waals surface area (Å²) < 4.78 is 37.8. The summed E-state index contributed by atoms with van der Waals surface area (Å²) in [5.41, 5.74) is -0.772. The molecular formula is C12H11F3N2O. The smallest absolute Gasteiger partial charge is 0.391 e. The van der Waals surface area contributed by atoms with Crippen LogP contribution >= 0.6 is 0 Å². The molecule has 1 aliphatic heterocycles. The number of nitrogens with zero attached hydrogens (tertiary/aromatic N) is 2. The zero-order valence-electron chi connectivity index (χ0n) is 9.41. The molecule has 0 spiro atoms. The second-order valence-corrected chi connectivity index (χ2v) is 4.23. The molecule has 0 saturated carbocycles. The van der Waals surface area contributed by atoms with Gasteiger partial charge >= 0.3 is 6.18 Å². The largest absolute Gasteiger partial charge is 0.417 e. The van der Waals surface area contributed by atoms with Gasteiger partial charge in [-0.15, -0.1) is 0 Å². The molecule has 1 fully saturated rings. The maximum absolute atomic E-state index is 12.6. The molecule has 1 aromatic carbocycles. The van der Waals surface area contributed by atoms with Gasteiger partial charge in [0.1, 0.15) is 0 Å². The monoisotopic (exact) mass is 256 g/mol. The van der Waals surface area contributed by atoms with Crippen LogP contribution in [0.2, 0.25) is 0 Å². The lowest BCUT2D eigenvalue weighted by Crippen LogP contribution is -2.21. The van der Waals surface area contributed by atoms with Gasteiger partial charge in [0, 0.05) is 18.8 Å². The highest BCUT2D eigenvalue weighted by molar-refractivity contribution is 5.56. The lowest BCUT2D eigenvalue weighted by Gasteiger charge is -2.19. The number of alkyl halides is 3. The Labute approximate surface area is 102 Å². The number of nitriles is 1. The third kappa shape index (κ3) is 2.41. The highest BCUT2D eigenvalue weighted by Crippen LogP contribution is 2.34. The van der Waals surface area contributed by atoms with E-state index < -0.39 is 17.8 Å². The predicted octanol–water partition coefficient (Wildman–Crippen LogP) is 2.15. The van der Waals surface area contributed by atoms with Crippen molar-refractivity contribution >= 4 is 5.69 Å². The first-order valence-corrected chi connectivity index (χ1v) is 5.46. The Morgan fingerprint density at radius 1 is 1.39 bits per heavy atom. The fourth-order valence-electron chi connectivity index (χ4n) is 2.04. The Morgan fingerprint density at radius 3 is 2.61 bits per heavy atom. The van der Waals surface area contributed by atoms with Crippen LogP contribution in [0.25, 0.3) is 0 Å². The van der Waals surface area contributed by atoms with E-state index in [0.29, 0.717) is 25.2 Å². The molecule has 1 atom stereocenters. The first-order chi connectivity index (χ1) is 8.41. The summed E-state index contributed by atoms with van der Waals surface area (Å²) in [7, 11) is 0. The Balaban J connectivity index is 2.34. The van der Waals surface area contributed by atoms with Gasteiger partial charge in [0.15, 0.2) is 0 Å². The first-order valence-electron chi connectivity index (χ1n) is 5.46. The van der Waals surface area contributed by atoms with E-state index >= 15 is 0 Å². The molecule has 0 amide bonds. The fourth-order valence-corrected chi connectivity index (χ4v) is 2.04. The summed E-state index contributed by atoms with van der Waals surface area (Å²) >= 11 is 0. The Kier molecular flexibility index (Phi) is 3.18. The van der Waals surface area contributed by atoms with Gasteiger partial charge in [-0.3, -0.25) is 0 Å². The van der Waals surface area contributed by atoms with Crippen LogP contribution < -0.4 is 4.90 Å². The van der Waals surface area contributed by atoms with Crippen LogP contribution in [-0.2, 0) is 6.18 Å². The van der Waals surface area contributed by atoms with E-state index in [4.69, 9.17) is 5.26 Å². The molecule has 0 aliphatic carbocycles. The molecule has 2 rings (SSSR count). The van der Waals surface area contributed by atoms with Crippen LogP contribution in [0.3, 0.4) is 0 Å². The second-order valence-electron chi connectivity index (χ2n) is 4.23. The number of hydrogen-bond donors (Lipinski definition) is 1. The summed E-state index contributed by atoms with van der Waals surface area (Å²) in [6, 6.07) is 5.04. The highest BCUT2D eigenvalue weighted by Gasteiger charge is 2.34.